The molecule has 0 saturated carbocycles. The van der Waals surface area contributed by atoms with Gasteiger partial charge in [-0.3, -0.25) is 4.79 Å². The van der Waals surface area contributed by atoms with Crippen LogP contribution in [0.5, 0.6) is 11.5 Å². The molecule has 0 aliphatic carbocycles. The molecule has 7 nitrogen and oxygen atoms in total. The number of rotatable bonds is 7. The van der Waals surface area contributed by atoms with Crippen molar-refractivity contribution in [1.82, 2.24) is 15.1 Å². The van der Waals surface area contributed by atoms with Crippen LogP contribution in [0.3, 0.4) is 0 Å². The van der Waals surface area contributed by atoms with Gasteiger partial charge in [0.15, 0.2) is 0 Å². The number of carboxylic acid groups (broad SMARTS) is 1. The van der Waals surface area contributed by atoms with Gasteiger partial charge in [-0.1, -0.05) is 19.9 Å². The van der Waals surface area contributed by atoms with Crippen LogP contribution in [0.1, 0.15) is 54.2 Å². The molecule has 1 N–H and O–H groups in total. The molecule has 0 bridgehead atoms. The smallest absolute Gasteiger partial charge is 0.335 e. The number of carbonyl (C=O) groups excluding carboxylic acids is 1. The first kappa shape index (κ1) is 21.5. The normalized spacial score (nSPS) is 13.6. The van der Waals surface area contributed by atoms with Crippen molar-refractivity contribution < 1.29 is 19.4 Å². The van der Waals surface area contributed by atoms with Crippen molar-refractivity contribution in [2.75, 3.05) is 6.54 Å². The quantitative estimate of drug-likeness (QED) is 0.573. The highest BCUT2D eigenvalue weighted by molar-refractivity contribution is 5.88. The van der Waals surface area contributed by atoms with Gasteiger partial charge in [0.25, 0.3) is 0 Å². The summed E-state index contributed by atoms with van der Waals surface area (Å²) in [5.41, 5.74) is 3.51. The lowest BCUT2D eigenvalue weighted by atomic mass is 10.1. The molecule has 3 aromatic rings. The van der Waals surface area contributed by atoms with Gasteiger partial charge in [-0.05, 0) is 60.9 Å². The maximum atomic E-state index is 12.0. The Hall–Kier alpha value is -3.74. The molecule has 0 radical (unpaired) electrons. The number of carbonyl (C=O) groups is 2. The van der Waals surface area contributed by atoms with Gasteiger partial charge in [0, 0.05) is 30.6 Å². The predicted molar refractivity (Wildman–Crippen MR) is 120 cm³/mol. The molecule has 7 heteroatoms. The van der Waals surface area contributed by atoms with Crippen LogP contribution in [0.4, 0.5) is 0 Å². The minimum absolute atomic E-state index is 0.104. The lowest BCUT2D eigenvalue weighted by Crippen LogP contribution is -2.24. The molecule has 1 fully saturated rings. The third-order valence-corrected chi connectivity index (χ3v) is 5.50. The zero-order chi connectivity index (χ0) is 22.7. The number of aromatic carboxylic acids is 1. The number of ether oxygens (including phenoxy) is 1. The first-order chi connectivity index (χ1) is 15.4. The van der Waals surface area contributed by atoms with Gasteiger partial charge in [-0.25, -0.2) is 4.79 Å². The summed E-state index contributed by atoms with van der Waals surface area (Å²) >= 11 is 0. The van der Waals surface area contributed by atoms with Gasteiger partial charge in [0.1, 0.15) is 11.5 Å². The molecule has 0 spiro atoms. The zero-order valence-electron chi connectivity index (χ0n) is 18.1. The van der Waals surface area contributed by atoms with E-state index in [4.69, 9.17) is 4.74 Å². The van der Waals surface area contributed by atoms with Crippen molar-refractivity contribution in [3.05, 3.63) is 71.4 Å². The van der Waals surface area contributed by atoms with Crippen molar-refractivity contribution in [1.29, 1.82) is 0 Å². The minimum atomic E-state index is -1.03. The highest BCUT2D eigenvalue weighted by atomic mass is 16.5. The highest BCUT2D eigenvalue weighted by Crippen LogP contribution is 2.30. The fourth-order valence-electron chi connectivity index (χ4n) is 3.62. The van der Waals surface area contributed by atoms with Crippen LogP contribution < -0.4 is 4.74 Å². The molecule has 1 saturated heterocycles. The Morgan fingerprint density at radius 3 is 2.47 bits per heavy atom. The molecule has 4 rings (SSSR count). The van der Waals surface area contributed by atoms with Gasteiger partial charge in [-0.15, -0.1) is 0 Å². The summed E-state index contributed by atoms with van der Waals surface area (Å²) in [6.07, 6.45) is 1.39. The molecular formula is C25H25N3O4. The number of hydrogen-bond acceptors (Lipinski definition) is 5. The fraction of sp³-hybridized carbons (Fsp3) is 0.280. The molecule has 0 unspecified atom stereocenters. The van der Waals surface area contributed by atoms with Crippen molar-refractivity contribution in [3.63, 3.8) is 0 Å². The van der Waals surface area contributed by atoms with Gasteiger partial charge in [-0.2, -0.15) is 10.2 Å². The van der Waals surface area contributed by atoms with E-state index in [-0.39, 0.29) is 11.5 Å². The maximum Gasteiger partial charge on any atom is 0.335 e. The monoisotopic (exact) mass is 431 g/mol. The van der Waals surface area contributed by atoms with Gasteiger partial charge < -0.3 is 14.7 Å². The molecule has 1 aliphatic rings. The first-order valence-electron chi connectivity index (χ1n) is 10.7. The summed E-state index contributed by atoms with van der Waals surface area (Å²) in [5, 5.41) is 17.9. The van der Waals surface area contributed by atoms with E-state index in [2.05, 4.69) is 24.0 Å². The summed E-state index contributed by atoms with van der Waals surface area (Å²) in [4.78, 5) is 25.3. The molecule has 164 valence electrons. The summed E-state index contributed by atoms with van der Waals surface area (Å²) in [7, 11) is 0. The Balaban J connectivity index is 1.56. The van der Waals surface area contributed by atoms with Crippen LogP contribution in [-0.2, 0) is 11.3 Å². The van der Waals surface area contributed by atoms with Crippen molar-refractivity contribution in [3.8, 4) is 22.8 Å². The van der Waals surface area contributed by atoms with Crippen molar-refractivity contribution >= 4 is 11.9 Å². The summed E-state index contributed by atoms with van der Waals surface area (Å²) in [6.45, 7) is 5.24. The van der Waals surface area contributed by atoms with Crippen molar-refractivity contribution in [2.24, 2.45) is 0 Å². The van der Waals surface area contributed by atoms with Gasteiger partial charge in [0.2, 0.25) is 5.91 Å². The molecule has 1 aromatic heterocycles. The molecule has 2 aromatic carbocycles. The number of likely N-dealkylation sites (tertiary alicyclic amines) is 1. The second-order valence-electron chi connectivity index (χ2n) is 8.17. The summed E-state index contributed by atoms with van der Waals surface area (Å²) < 4.78 is 6.05. The molecule has 32 heavy (non-hydrogen) atoms. The van der Waals surface area contributed by atoms with Crippen LogP contribution >= 0.6 is 0 Å². The summed E-state index contributed by atoms with van der Waals surface area (Å²) in [5.74, 6) is 0.388. The third kappa shape index (κ3) is 4.77. The third-order valence-electron chi connectivity index (χ3n) is 5.50. The van der Waals surface area contributed by atoms with E-state index < -0.39 is 5.97 Å². The molecular weight excluding hydrogens is 406 g/mol. The Labute approximate surface area is 186 Å². The van der Waals surface area contributed by atoms with Crippen LogP contribution in [-0.4, -0.2) is 38.6 Å². The standard InChI is InChI=1S/C25H25N3O4/c1-16(2)21-11-12-22(27-26-21)17-7-9-20(10-8-17)32-23-14-18(25(30)31)5-6-19(23)15-28-13-3-4-24(28)29/h5-12,14,16H,3-4,13,15H2,1-2H3,(H,30,31). The number of amides is 1. The Bertz CT molecular complexity index is 1120. The zero-order valence-corrected chi connectivity index (χ0v) is 18.1. The van der Waals surface area contributed by atoms with Crippen molar-refractivity contribution in [2.45, 2.75) is 39.2 Å². The van der Waals surface area contributed by atoms with Crippen LogP contribution in [0.15, 0.2) is 54.6 Å². The van der Waals surface area contributed by atoms with Crippen LogP contribution in [0.25, 0.3) is 11.3 Å². The molecule has 1 aliphatic heterocycles. The van der Waals surface area contributed by atoms with Gasteiger partial charge in [0.05, 0.1) is 17.0 Å². The summed E-state index contributed by atoms with van der Waals surface area (Å²) in [6, 6.07) is 16.1. The second kappa shape index (κ2) is 9.18. The average Bonchev–Trinajstić information content (AvgIpc) is 3.19. The average molecular weight is 431 g/mol. The second-order valence-corrected chi connectivity index (χ2v) is 8.17. The number of hydrogen-bond donors (Lipinski definition) is 1. The molecule has 1 amide bonds. The fourth-order valence-corrected chi connectivity index (χ4v) is 3.62. The lowest BCUT2D eigenvalue weighted by Gasteiger charge is -2.19. The van der Waals surface area contributed by atoms with E-state index in [9.17, 15) is 14.7 Å². The van der Waals surface area contributed by atoms with E-state index in [1.165, 1.54) is 12.1 Å². The van der Waals surface area contributed by atoms with E-state index in [0.717, 1.165) is 28.9 Å². The van der Waals surface area contributed by atoms with Crippen LogP contribution in [0.2, 0.25) is 0 Å². The Morgan fingerprint density at radius 2 is 1.88 bits per heavy atom. The van der Waals surface area contributed by atoms with E-state index in [1.807, 2.05) is 36.4 Å². The van der Waals surface area contributed by atoms with Gasteiger partial charge >= 0.3 is 5.97 Å². The topological polar surface area (TPSA) is 92.6 Å². The van der Waals surface area contributed by atoms with E-state index >= 15 is 0 Å². The highest BCUT2D eigenvalue weighted by Gasteiger charge is 2.22. The maximum absolute atomic E-state index is 12.0. The number of benzene rings is 2. The van der Waals surface area contributed by atoms with Crippen LogP contribution in [0, 0.1) is 0 Å². The van der Waals surface area contributed by atoms with E-state index in [0.29, 0.717) is 36.9 Å². The Kier molecular flexibility index (Phi) is 6.16. The number of carboxylic acids is 1. The number of aromatic nitrogens is 2. The SMILES string of the molecule is CC(C)c1ccc(-c2ccc(Oc3cc(C(=O)O)ccc3CN3CCCC3=O)cc2)nn1. The largest absolute Gasteiger partial charge is 0.478 e. The lowest BCUT2D eigenvalue weighted by molar-refractivity contribution is -0.128. The predicted octanol–water partition coefficient (Wildman–Crippen LogP) is 4.88. The first-order valence-corrected chi connectivity index (χ1v) is 10.7. The Morgan fingerprint density at radius 1 is 1.09 bits per heavy atom. The minimum Gasteiger partial charge on any atom is -0.478 e. The number of nitrogens with zero attached hydrogens (tertiary/aromatic N) is 3. The molecule has 2 heterocycles. The van der Waals surface area contributed by atoms with E-state index in [1.54, 1.807) is 11.0 Å². The molecule has 0 atom stereocenters.